The van der Waals surface area contributed by atoms with Crippen LogP contribution in [-0.4, -0.2) is 17.2 Å². The predicted molar refractivity (Wildman–Crippen MR) is 94.4 cm³/mol. The van der Waals surface area contributed by atoms with Crippen molar-refractivity contribution in [1.82, 2.24) is 10.3 Å². The highest BCUT2D eigenvalue weighted by atomic mass is 32.1. The Labute approximate surface area is 134 Å². The number of H-pyrrole nitrogens is 1. The fourth-order valence-corrected chi connectivity index (χ4v) is 2.49. The molecule has 0 aliphatic carbocycles. The highest BCUT2D eigenvalue weighted by Crippen LogP contribution is 2.18. The summed E-state index contributed by atoms with van der Waals surface area (Å²) in [6.07, 6.45) is 2.01. The molecule has 0 spiro atoms. The number of fused-ring (bicyclic) bond motifs is 1. The molecule has 0 unspecified atom stereocenters. The van der Waals surface area contributed by atoms with Gasteiger partial charge in [0.1, 0.15) is 5.75 Å². The van der Waals surface area contributed by atoms with Gasteiger partial charge >= 0.3 is 0 Å². The van der Waals surface area contributed by atoms with Crippen molar-refractivity contribution in [3.8, 4) is 5.75 Å². The lowest BCUT2D eigenvalue weighted by Crippen LogP contribution is -2.27. The lowest BCUT2D eigenvalue weighted by Gasteiger charge is -2.10. The monoisotopic (exact) mass is 311 g/mol. The van der Waals surface area contributed by atoms with E-state index >= 15 is 0 Å². The van der Waals surface area contributed by atoms with Gasteiger partial charge in [0.25, 0.3) is 0 Å². The molecule has 0 saturated heterocycles. The van der Waals surface area contributed by atoms with Gasteiger partial charge in [-0.3, -0.25) is 0 Å². The van der Waals surface area contributed by atoms with Gasteiger partial charge in [0.05, 0.1) is 7.11 Å². The third-order valence-electron chi connectivity index (χ3n) is 3.46. The van der Waals surface area contributed by atoms with Crippen molar-refractivity contribution in [2.24, 2.45) is 0 Å². The maximum atomic E-state index is 5.33. The number of hydrogen-bond acceptors (Lipinski definition) is 2. The molecule has 0 radical (unpaired) electrons. The average molecular weight is 311 g/mol. The molecule has 2 aromatic carbocycles. The number of aromatic amines is 1. The van der Waals surface area contributed by atoms with Crippen LogP contribution in [0.1, 0.15) is 5.56 Å². The molecule has 1 heterocycles. The molecular weight excluding hydrogens is 294 g/mol. The highest BCUT2D eigenvalue weighted by molar-refractivity contribution is 7.80. The lowest BCUT2D eigenvalue weighted by atomic mass is 10.2. The topological polar surface area (TPSA) is 49.1 Å². The van der Waals surface area contributed by atoms with Crippen molar-refractivity contribution in [2.45, 2.75) is 6.54 Å². The second-order valence-electron chi connectivity index (χ2n) is 4.90. The Kier molecular flexibility index (Phi) is 4.25. The van der Waals surface area contributed by atoms with E-state index in [4.69, 9.17) is 17.0 Å². The van der Waals surface area contributed by atoms with Gasteiger partial charge in [-0.25, -0.2) is 0 Å². The van der Waals surface area contributed by atoms with E-state index in [9.17, 15) is 0 Å². The quantitative estimate of drug-likeness (QED) is 0.644. The van der Waals surface area contributed by atoms with E-state index in [2.05, 4.69) is 27.8 Å². The first-order valence-electron chi connectivity index (χ1n) is 7.00. The minimum absolute atomic E-state index is 0.593. The SMILES string of the molecule is COc1ccc(NC(=S)NCc2c[nH]c3ccccc23)cc1. The summed E-state index contributed by atoms with van der Waals surface area (Å²) in [5.74, 6) is 0.822. The Bertz CT molecular complexity index is 780. The zero-order valence-corrected chi connectivity index (χ0v) is 13.0. The van der Waals surface area contributed by atoms with E-state index in [1.165, 1.54) is 10.9 Å². The molecule has 1 aromatic heterocycles. The third-order valence-corrected chi connectivity index (χ3v) is 3.71. The Morgan fingerprint density at radius 1 is 1.14 bits per heavy atom. The van der Waals surface area contributed by atoms with Crippen molar-refractivity contribution < 1.29 is 4.74 Å². The molecule has 0 amide bonds. The molecule has 0 bridgehead atoms. The Morgan fingerprint density at radius 2 is 1.91 bits per heavy atom. The van der Waals surface area contributed by atoms with Crippen molar-refractivity contribution >= 4 is 33.9 Å². The molecule has 0 aliphatic rings. The van der Waals surface area contributed by atoms with Crippen LogP contribution in [0.4, 0.5) is 5.69 Å². The van der Waals surface area contributed by atoms with E-state index in [-0.39, 0.29) is 0 Å². The summed E-state index contributed by atoms with van der Waals surface area (Å²) in [4.78, 5) is 3.26. The van der Waals surface area contributed by atoms with Crippen molar-refractivity contribution in [3.05, 3.63) is 60.3 Å². The largest absolute Gasteiger partial charge is 0.497 e. The number of hydrogen-bond donors (Lipinski definition) is 3. The molecule has 4 nitrogen and oxygen atoms in total. The van der Waals surface area contributed by atoms with Crippen molar-refractivity contribution in [2.75, 3.05) is 12.4 Å². The van der Waals surface area contributed by atoms with Crippen LogP contribution in [0, 0.1) is 0 Å². The van der Waals surface area contributed by atoms with E-state index in [0.29, 0.717) is 11.7 Å². The van der Waals surface area contributed by atoms with Gasteiger partial charge < -0.3 is 20.4 Å². The molecule has 3 N–H and O–H groups in total. The second kappa shape index (κ2) is 6.49. The molecule has 0 fully saturated rings. The first-order valence-corrected chi connectivity index (χ1v) is 7.41. The maximum absolute atomic E-state index is 5.33. The molecule has 3 aromatic rings. The third kappa shape index (κ3) is 3.20. The van der Waals surface area contributed by atoms with Crippen molar-refractivity contribution in [3.63, 3.8) is 0 Å². The van der Waals surface area contributed by atoms with E-state index in [1.807, 2.05) is 42.6 Å². The summed E-state index contributed by atoms with van der Waals surface area (Å²) in [5, 5.41) is 8.19. The normalized spacial score (nSPS) is 10.4. The number of benzene rings is 2. The highest BCUT2D eigenvalue weighted by Gasteiger charge is 2.04. The Balaban J connectivity index is 1.60. The van der Waals surface area contributed by atoms with E-state index < -0.39 is 0 Å². The van der Waals surface area contributed by atoms with Crippen LogP contribution < -0.4 is 15.4 Å². The zero-order chi connectivity index (χ0) is 15.4. The summed E-state index contributed by atoms with van der Waals surface area (Å²) in [6.45, 7) is 0.673. The summed E-state index contributed by atoms with van der Waals surface area (Å²) in [5.41, 5.74) is 3.25. The molecule has 0 saturated carbocycles. The first-order chi connectivity index (χ1) is 10.8. The van der Waals surface area contributed by atoms with Crippen LogP contribution in [0.25, 0.3) is 10.9 Å². The van der Waals surface area contributed by atoms with Crippen LogP contribution >= 0.6 is 12.2 Å². The van der Waals surface area contributed by atoms with Crippen LogP contribution in [0.5, 0.6) is 5.75 Å². The van der Waals surface area contributed by atoms with Gasteiger partial charge in [-0.15, -0.1) is 0 Å². The van der Waals surface area contributed by atoms with Crippen LogP contribution in [-0.2, 0) is 6.54 Å². The van der Waals surface area contributed by atoms with Gasteiger partial charge in [-0.05, 0) is 48.1 Å². The number of nitrogens with one attached hydrogen (secondary N) is 3. The van der Waals surface area contributed by atoms with E-state index in [1.54, 1.807) is 7.11 Å². The number of methoxy groups -OCH3 is 1. The van der Waals surface area contributed by atoms with Crippen LogP contribution in [0.3, 0.4) is 0 Å². The molecule has 0 aliphatic heterocycles. The molecule has 22 heavy (non-hydrogen) atoms. The minimum Gasteiger partial charge on any atom is -0.497 e. The summed E-state index contributed by atoms with van der Waals surface area (Å²) in [7, 11) is 1.65. The summed E-state index contributed by atoms with van der Waals surface area (Å²) >= 11 is 5.33. The molecule has 112 valence electrons. The maximum Gasteiger partial charge on any atom is 0.171 e. The smallest absolute Gasteiger partial charge is 0.171 e. The van der Waals surface area contributed by atoms with Gasteiger partial charge in [-0.2, -0.15) is 0 Å². The fourth-order valence-electron chi connectivity index (χ4n) is 2.30. The zero-order valence-electron chi connectivity index (χ0n) is 12.2. The Hall–Kier alpha value is -2.53. The predicted octanol–water partition coefficient (Wildman–Crippen LogP) is 3.66. The first kappa shape index (κ1) is 14.4. The van der Waals surface area contributed by atoms with Crippen LogP contribution in [0.15, 0.2) is 54.7 Å². The molecule has 0 atom stereocenters. The second-order valence-corrected chi connectivity index (χ2v) is 5.30. The van der Waals surface area contributed by atoms with Crippen molar-refractivity contribution in [1.29, 1.82) is 0 Å². The minimum atomic E-state index is 0.593. The molecule has 3 rings (SSSR count). The Morgan fingerprint density at radius 3 is 2.68 bits per heavy atom. The lowest BCUT2D eigenvalue weighted by molar-refractivity contribution is 0.415. The summed E-state index contributed by atoms with van der Waals surface area (Å²) < 4.78 is 5.13. The molecule has 5 heteroatoms. The van der Waals surface area contributed by atoms with Gasteiger partial charge in [0.15, 0.2) is 5.11 Å². The van der Waals surface area contributed by atoms with Gasteiger partial charge in [-0.1, -0.05) is 18.2 Å². The van der Waals surface area contributed by atoms with E-state index in [0.717, 1.165) is 17.0 Å². The van der Waals surface area contributed by atoms with Gasteiger partial charge in [0, 0.05) is 29.3 Å². The van der Waals surface area contributed by atoms with Gasteiger partial charge in [0.2, 0.25) is 0 Å². The standard InChI is InChI=1S/C17H17N3OS/c1-21-14-8-6-13(7-9-14)20-17(22)19-11-12-10-18-16-5-3-2-4-15(12)16/h2-10,18H,11H2,1H3,(H2,19,20,22). The summed E-state index contributed by atoms with van der Waals surface area (Å²) in [6, 6.07) is 15.9. The number of rotatable bonds is 4. The fraction of sp³-hybridized carbons (Fsp3) is 0.118. The number of ether oxygens (including phenoxy) is 1. The number of anilines is 1. The van der Waals surface area contributed by atoms with Crippen LogP contribution in [0.2, 0.25) is 0 Å². The molecular formula is C17H17N3OS. The number of para-hydroxylation sites is 1. The average Bonchev–Trinajstić information content (AvgIpc) is 2.97. The number of thiocarbonyl (C=S) groups is 1. The number of aromatic nitrogens is 1.